The van der Waals surface area contributed by atoms with Gasteiger partial charge >= 0.3 is 0 Å². The van der Waals surface area contributed by atoms with Crippen LogP contribution in [-0.2, 0) is 11.2 Å². The van der Waals surface area contributed by atoms with Gasteiger partial charge in [-0.3, -0.25) is 9.59 Å². The maximum absolute atomic E-state index is 11.6. The van der Waals surface area contributed by atoms with E-state index in [1.165, 1.54) is 0 Å². The van der Waals surface area contributed by atoms with E-state index in [-0.39, 0.29) is 30.8 Å². The lowest BCUT2D eigenvalue weighted by atomic mass is 9.95. The number of hydrogen-bond acceptors (Lipinski definition) is 3. The third-order valence-electron chi connectivity index (χ3n) is 3.05. The number of carbonyl (C=O) groups is 2. The number of amides is 1. The SMILES string of the molecule is CCC(=O)[C@@H](C)Cc1ccc(C(=O)NCCO)cc1. The molecular formula is C15H21NO3. The van der Waals surface area contributed by atoms with Crippen LogP contribution in [0.4, 0.5) is 0 Å². The number of nitrogens with one attached hydrogen (secondary N) is 1. The summed E-state index contributed by atoms with van der Waals surface area (Å²) in [4.78, 5) is 23.1. The van der Waals surface area contributed by atoms with Crippen molar-refractivity contribution in [3.8, 4) is 0 Å². The zero-order valence-electron chi connectivity index (χ0n) is 11.5. The predicted octanol–water partition coefficient (Wildman–Crippen LogP) is 1.57. The number of rotatable bonds is 7. The van der Waals surface area contributed by atoms with Gasteiger partial charge < -0.3 is 10.4 Å². The standard InChI is InChI=1S/C15H21NO3/c1-3-14(18)11(2)10-12-4-6-13(7-5-12)15(19)16-8-9-17/h4-7,11,17H,3,8-10H2,1-2H3,(H,16,19)/t11-/m0/s1. The van der Waals surface area contributed by atoms with Gasteiger partial charge in [0.15, 0.2) is 0 Å². The monoisotopic (exact) mass is 263 g/mol. The van der Waals surface area contributed by atoms with Gasteiger partial charge in [-0.15, -0.1) is 0 Å². The van der Waals surface area contributed by atoms with Crippen LogP contribution < -0.4 is 5.32 Å². The Morgan fingerprint density at radius 1 is 1.26 bits per heavy atom. The summed E-state index contributed by atoms with van der Waals surface area (Å²) in [6.07, 6.45) is 1.26. The van der Waals surface area contributed by atoms with E-state index in [0.717, 1.165) is 5.56 Å². The van der Waals surface area contributed by atoms with Crippen molar-refractivity contribution in [2.45, 2.75) is 26.7 Å². The number of benzene rings is 1. The summed E-state index contributed by atoms with van der Waals surface area (Å²) in [6, 6.07) is 7.22. The quantitative estimate of drug-likeness (QED) is 0.784. The Morgan fingerprint density at radius 3 is 2.42 bits per heavy atom. The third-order valence-corrected chi connectivity index (χ3v) is 3.05. The lowest BCUT2D eigenvalue weighted by Crippen LogP contribution is -2.26. The molecule has 1 aromatic rings. The predicted molar refractivity (Wildman–Crippen MR) is 74.0 cm³/mol. The van der Waals surface area contributed by atoms with Crippen LogP contribution in [-0.4, -0.2) is 29.9 Å². The van der Waals surface area contributed by atoms with Gasteiger partial charge in [0, 0.05) is 24.4 Å². The van der Waals surface area contributed by atoms with Crippen LogP contribution in [0.3, 0.4) is 0 Å². The molecule has 0 aromatic heterocycles. The molecule has 1 atom stereocenters. The first-order valence-electron chi connectivity index (χ1n) is 6.59. The van der Waals surface area contributed by atoms with Gasteiger partial charge in [-0.1, -0.05) is 26.0 Å². The maximum atomic E-state index is 11.6. The number of ketones is 1. The second-order valence-corrected chi connectivity index (χ2v) is 4.60. The largest absolute Gasteiger partial charge is 0.395 e. The molecule has 19 heavy (non-hydrogen) atoms. The van der Waals surface area contributed by atoms with Gasteiger partial charge in [0.25, 0.3) is 5.91 Å². The summed E-state index contributed by atoms with van der Waals surface area (Å²) in [5, 5.41) is 11.2. The lowest BCUT2D eigenvalue weighted by Gasteiger charge is -2.09. The first-order valence-corrected chi connectivity index (χ1v) is 6.59. The summed E-state index contributed by atoms with van der Waals surface area (Å²) in [7, 11) is 0. The molecule has 0 saturated carbocycles. The highest BCUT2D eigenvalue weighted by Crippen LogP contribution is 2.12. The fourth-order valence-electron chi connectivity index (χ4n) is 1.88. The highest BCUT2D eigenvalue weighted by atomic mass is 16.3. The van der Waals surface area contributed by atoms with Crippen molar-refractivity contribution in [1.29, 1.82) is 0 Å². The van der Waals surface area contributed by atoms with Gasteiger partial charge in [-0.05, 0) is 24.1 Å². The topological polar surface area (TPSA) is 66.4 Å². The van der Waals surface area contributed by atoms with Crippen LogP contribution in [0.25, 0.3) is 0 Å². The van der Waals surface area contributed by atoms with Crippen molar-refractivity contribution < 1.29 is 14.7 Å². The fourth-order valence-corrected chi connectivity index (χ4v) is 1.88. The van der Waals surface area contributed by atoms with Gasteiger partial charge in [0.1, 0.15) is 5.78 Å². The van der Waals surface area contributed by atoms with Crippen molar-refractivity contribution in [3.05, 3.63) is 35.4 Å². The Labute approximate surface area is 113 Å². The molecule has 0 fully saturated rings. The average Bonchev–Trinajstić information content (AvgIpc) is 2.44. The molecular weight excluding hydrogens is 242 g/mol. The zero-order valence-corrected chi connectivity index (χ0v) is 11.5. The van der Waals surface area contributed by atoms with E-state index in [0.29, 0.717) is 18.4 Å². The summed E-state index contributed by atoms with van der Waals surface area (Å²) < 4.78 is 0. The van der Waals surface area contributed by atoms with E-state index in [9.17, 15) is 9.59 Å². The first kappa shape index (κ1) is 15.4. The van der Waals surface area contributed by atoms with Crippen LogP contribution in [0, 0.1) is 5.92 Å². The van der Waals surface area contributed by atoms with Crippen LogP contribution in [0.5, 0.6) is 0 Å². The van der Waals surface area contributed by atoms with E-state index >= 15 is 0 Å². The minimum Gasteiger partial charge on any atom is -0.395 e. The molecule has 1 rings (SSSR count). The molecule has 0 bridgehead atoms. The molecule has 0 heterocycles. The fraction of sp³-hybridized carbons (Fsp3) is 0.467. The second-order valence-electron chi connectivity index (χ2n) is 4.60. The number of carbonyl (C=O) groups excluding carboxylic acids is 2. The van der Waals surface area contributed by atoms with E-state index < -0.39 is 0 Å². The molecule has 0 unspecified atom stereocenters. The van der Waals surface area contributed by atoms with Gasteiger partial charge in [-0.2, -0.15) is 0 Å². The van der Waals surface area contributed by atoms with Crippen LogP contribution in [0.2, 0.25) is 0 Å². The van der Waals surface area contributed by atoms with Gasteiger partial charge in [0.2, 0.25) is 0 Å². The molecule has 2 N–H and O–H groups in total. The molecule has 0 aliphatic carbocycles. The lowest BCUT2D eigenvalue weighted by molar-refractivity contribution is -0.122. The van der Waals surface area contributed by atoms with E-state index in [2.05, 4.69) is 5.32 Å². The van der Waals surface area contributed by atoms with Crippen LogP contribution >= 0.6 is 0 Å². The van der Waals surface area contributed by atoms with Crippen LogP contribution in [0.15, 0.2) is 24.3 Å². The first-order chi connectivity index (χ1) is 9.08. The number of hydrogen-bond donors (Lipinski definition) is 2. The van der Waals surface area contributed by atoms with Crippen molar-refractivity contribution in [3.63, 3.8) is 0 Å². The highest BCUT2D eigenvalue weighted by Gasteiger charge is 2.11. The second kappa shape index (κ2) is 7.69. The normalized spacial score (nSPS) is 11.9. The highest BCUT2D eigenvalue weighted by molar-refractivity contribution is 5.94. The van der Waals surface area contributed by atoms with Crippen molar-refractivity contribution in [2.75, 3.05) is 13.2 Å². The number of Topliss-reactive ketones (excluding diaryl/α,β-unsaturated/α-hetero) is 1. The molecule has 4 nitrogen and oxygen atoms in total. The molecule has 0 aliphatic rings. The molecule has 0 radical (unpaired) electrons. The summed E-state index contributed by atoms with van der Waals surface area (Å²) in [6.45, 7) is 3.98. The Balaban J connectivity index is 2.61. The third kappa shape index (κ3) is 4.83. The summed E-state index contributed by atoms with van der Waals surface area (Å²) in [5.41, 5.74) is 1.61. The summed E-state index contributed by atoms with van der Waals surface area (Å²) >= 11 is 0. The van der Waals surface area contributed by atoms with Crippen molar-refractivity contribution in [1.82, 2.24) is 5.32 Å². The molecule has 104 valence electrons. The van der Waals surface area contributed by atoms with Crippen molar-refractivity contribution >= 4 is 11.7 Å². The van der Waals surface area contributed by atoms with E-state index in [4.69, 9.17) is 5.11 Å². The molecule has 0 spiro atoms. The molecule has 0 aliphatic heterocycles. The Morgan fingerprint density at radius 2 is 1.89 bits per heavy atom. The summed E-state index contributed by atoms with van der Waals surface area (Å²) in [5.74, 6) is 0.0714. The number of aliphatic hydroxyl groups is 1. The minimum absolute atomic E-state index is 0.0130. The molecule has 0 saturated heterocycles. The Kier molecular flexibility index (Phi) is 6.22. The molecule has 1 amide bonds. The van der Waals surface area contributed by atoms with Gasteiger partial charge in [-0.25, -0.2) is 0 Å². The zero-order chi connectivity index (χ0) is 14.3. The minimum atomic E-state index is -0.196. The smallest absolute Gasteiger partial charge is 0.251 e. The Bertz CT molecular complexity index is 426. The average molecular weight is 263 g/mol. The van der Waals surface area contributed by atoms with Gasteiger partial charge in [0.05, 0.1) is 6.61 Å². The van der Waals surface area contributed by atoms with Crippen molar-refractivity contribution in [2.24, 2.45) is 5.92 Å². The molecule has 4 heteroatoms. The van der Waals surface area contributed by atoms with E-state index in [1.807, 2.05) is 26.0 Å². The van der Waals surface area contributed by atoms with Crippen LogP contribution in [0.1, 0.15) is 36.2 Å². The van der Waals surface area contributed by atoms with E-state index in [1.54, 1.807) is 12.1 Å². The molecule has 1 aromatic carbocycles. The Hall–Kier alpha value is -1.68. The maximum Gasteiger partial charge on any atom is 0.251 e. The number of aliphatic hydroxyl groups excluding tert-OH is 1.